The lowest BCUT2D eigenvalue weighted by molar-refractivity contribution is -0.121. The van der Waals surface area contributed by atoms with E-state index < -0.39 is 0 Å². The van der Waals surface area contributed by atoms with E-state index in [9.17, 15) is 4.79 Å². The zero-order chi connectivity index (χ0) is 11.3. The molecule has 0 aromatic carbocycles. The smallest absolute Gasteiger partial charge is 0.221 e. The Morgan fingerprint density at radius 2 is 2.25 bits per heavy atom. The molecule has 3 N–H and O–H groups in total. The van der Waals surface area contributed by atoms with Crippen LogP contribution >= 0.6 is 12.4 Å². The van der Waals surface area contributed by atoms with Gasteiger partial charge in [-0.2, -0.15) is 0 Å². The standard InChI is InChI=1S/C9H17N5O.ClH/c1-9(2,10)7-11-8(15)3-5-14-6-4-12-13-14;/h4,6H,3,5,7,10H2,1-2H3,(H,11,15);1H. The second-order valence-corrected chi connectivity index (χ2v) is 4.18. The van der Waals surface area contributed by atoms with Crippen molar-refractivity contribution in [1.82, 2.24) is 20.3 Å². The molecule has 0 aliphatic rings. The van der Waals surface area contributed by atoms with Gasteiger partial charge in [-0.15, -0.1) is 17.5 Å². The molecule has 0 radical (unpaired) electrons. The van der Waals surface area contributed by atoms with Crippen molar-refractivity contribution in [1.29, 1.82) is 0 Å². The molecule has 0 aliphatic carbocycles. The summed E-state index contributed by atoms with van der Waals surface area (Å²) >= 11 is 0. The second kappa shape index (κ2) is 6.44. The first-order valence-electron chi connectivity index (χ1n) is 4.87. The monoisotopic (exact) mass is 247 g/mol. The predicted molar refractivity (Wildman–Crippen MR) is 63.2 cm³/mol. The van der Waals surface area contributed by atoms with E-state index in [1.54, 1.807) is 17.1 Å². The van der Waals surface area contributed by atoms with Crippen LogP contribution in [0.2, 0.25) is 0 Å². The van der Waals surface area contributed by atoms with Crippen LogP contribution in [0.25, 0.3) is 0 Å². The number of nitrogens with zero attached hydrogens (tertiary/aromatic N) is 3. The minimum absolute atomic E-state index is 0. The molecule has 92 valence electrons. The lowest BCUT2D eigenvalue weighted by atomic mass is 10.1. The van der Waals surface area contributed by atoms with E-state index in [0.717, 1.165) is 0 Å². The van der Waals surface area contributed by atoms with Crippen LogP contribution < -0.4 is 11.1 Å². The molecule has 0 saturated heterocycles. The Morgan fingerprint density at radius 1 is 1.56 bits per heavy atom. The van der Waals surface area contributed by atoms with Gasteiger partial charge in [0.1, 0.15) is 0 Å². The van der Waals surface area contributed by atoms with Gasteiger partial charge in [-0.1, -0.05) is 5.21 Å². The third kappa shape index (κ3) is 6.36. The van der Waals surface area contributed by atoms with E-state index in [-0.39, 0.29) is 23.9 Å². The molecule has 16 heavy (non-hydrogen) atoms. The molecule has 0 bridgehead atoms. The highest BCUT2D eigenvalue weighted by atomic mass is 35.5. The van der Waals surface area contributed by atoms with Crippen LogP contribution in [0.3, 0.4) is 0 Å². The summed E-state index contributed by atoms with van der Waals surface area (Å²) in [5, 5.41) is 10.2. The number of carbonyl (C=O) groups excluding carboxylic acids is 1. The average Bonchev–Trinajstić information content (AvgIpc) is 2.62. The minimum atomic E-state index is -0.372. The normalized spacial score (nSPS) is 10.7. The van der Waals surface area contributed by atoms with Crippen LogP contribution in [-0.2, 0) is 11.3 Å². The molecule has 1 heterocycles. The van der Waals surface area contributed by atoms with E-state index in [0.29, 0.717) is 19.5 Å². The highest BCUT2D eigenvalue weighted by Gasteiger charge is 2.11. The maximum Gasteiger partial charge on any atom is 0.221 e. The van der Waals surface area contributed by atoms with Crippen molar-refractivity contribution in [3.05, 3.63) is 12.4 Å². The number of hydrogen-bond acceptors (Lipinski definition) is 4. The van der Waals surface area contributed by atoms with Gasteiger partial charge in [0.25, 0.3) is 0 Å². The van der Waals surface area contributed by atoms with Crippen molar-refractivity contribution in [2.75, 3.05) is 6.54 Å². The molecule has 1 aromatic heterocycles. The summed E-state index contributed by atoms with van der Waals surface area (Å²) in [5.74, 6) is -0.0241. The van der Waals surface area contributed by atoms with Gasteiger partial charge in [-0.25, -0.2) is 0 Å². The number of aryl methyl sites for hydroxylation is 1. The Morgan fingerprint density at radius 3 is 2.75 bits per heavy atom. The van der Waals surface area contributed by atoms with Gasteiger partial charge in [0, 0.05) is 24.7 Å². The van der Waals surface area contributed by atoms with Gasteiger partial charge in [-0.05, 0) is 13.8 Å². The Bertz CT molecular complexity index is 306. The van der Waals surface area contributed by atoms with Crippen molar-refractivity contribution < 1.29 is 4.79 Å². The van der Waals surface area contributed by atoms with Crippen molar-refractivity contribution in [2.24, 2.45) is 5.73 Å². The summed E-state index contributed by atoms with van der Waals surface area (Å²) in [6.45, 7) is 4.75. The molecular formula is C9H18ClN5O. The van der Waals surface area contributed by atoms with Crippen molar-refractivity contribution in [3.63, 3.8) is 0 Å². The van der Waals surface area contributed by atoms with E-state index in [4.69, 9.17) is 5.73 Å². The first kappa shape index (κ1) is 14.9. The first-order valence-corrected chi connectivity index (χ1v) is 4.87. The average molecular weight is 248 g/mol. The van der Waals surface area contributed by atoms with Gasteiger partial charge >= 0.3 is 0 Å². The van der Waals surface area contributed by atoms with Crippen LogP contribution in [0.1, 0.15) is 20.3 Å². The Balaban J connectivity index is 0.00000225. The van der Waals surface area contributed by atoms with Gasteiger partial charge in [0.15, 0.2) is 0 Å². The molecule has 1 rings (SSSR count). The molecule has 0 saturated carbocycles. The van der Waals surface area contributed by atoms with Crippen LogP contribution in [0, 0.1) is 0 Å². The minimum Gasteiger partial charge on any atom is -0.354 e. The molecule has 0 fully saturated rings. The summed E-state index contributed by atoms with van der Waals surface area (Å²) in [7, 11) is 0. The van der Waals surface area contributed by atoms with Gasteiger partial charge in [0.2, 0.25) is 5.91 Å². The molecule has 1 amide bonds. The number of aromatic nitrogens is 3. The number of nitrogens with two attached hydrogens (primary N) is 1. The fourth-order valence-corrected chi connectivity index (χ4v) is 0.983. The van der Waals surface area contributed by atoms with Gasteiger partial charge < -0.3 is 11.1 Å². The molecule has 7 heteroatoms. The number of carbonyl (C=O) groups is 1. The van der Waals surface area contributed by atoms with Crippen LogP contribution in [0.4, 0.5) is 0 Å². The highest BCUT2D eigenvalue weighted by molar-refractivity contribution is 5.85. The molecule has 0 aliphatic heterocycles. The van der Waals surface area contributed by atoms with E-state index >= 15 is 0 Å². The van der Waals surface area contributed by atoms with Crippen LogP contribution in [-0.4, -0.2) is 33.0 Å². The van der Waals surface area contributed by atoms with Crippen molar-refractivity contribution in [2.45, 2.75) is 32.4 Å². The van der Waals surface area contributed by atoms with E-state index in [1.165, 1.54) is 0 Å². The molecule has 0 unspecified atom stereocenters. The van der Waals surface area contributed by atoms with Crippen molar-refractivity contribution >= 4 is 18.3 Å². The fraction of sp³-hybridized carbons (Fsp3) is 0.667. The maximum absolute atomic E-state index is 11.4. The fourth-order valence-electron chi connectivity index (χ4n) is 0.983. The Kier molecular flexibility index (Phi) is 5.98. The first-order chi connectivity index (χ1) is 6.97. The van der Waals surface area contributed by atoms with E-state index in [2.05, 4.69) is 15.6 Å². The third-order valence-corrected chi connectivity index (χ3v) is 1.78. The predicted octanol–water partition coefficient (Wildman–Crippen LogP) is -0.0565. The summed E-state index contributed by atoms with van der Waals surface area (Å²) in [4.78, 5) is 11.4. The Hall–Kier alpha value is -1.14. The van der Waals surface area contributed by atoms with E-state index in [1.807, 2.05) is 13.8 Å². The zero-order valence-electron chi connectivity index (χ0n) is 9.51. The van der Waals surface area contributed by atoms with Crippen LogP contribution in [0.15, 0.2) is 12.4 Å². The van der Waals surface area contributed by atoms with Crippen molar-refractivity contribution in [3.8, 4) is 0 Å². The number of hydrogen-bond donors (Lipinski definition) is 2. The lowest BCUT2D eigenvalue weighted by Crippen LogP contribution is -2.45. The second-order valence-electron chi connectivity index (χ2n) is 4.18. The Labute approximate surface area is 101 Å². The van der Waals surface area contributed by atoms with Gasteiger partial charge in [-0.3, -0.25) is 9.48 Å². The number of rotatable bonds is 5. The zero-order valence-corrected chi connectivity index (χ0v) is 10.3. The lowest BCUT2D eigenvalue weighted by Gasteiger charge is -2.18. The van der Waals surface area contributed by atoms with Gasteiger partial charge in [0.05, 0.1) is 12.7 Å². The third-order valence-electron chi connectivity index (χ3n) is 1.78. The summed E-state index contributed by atoms with van der Waals surface area (Å²) in [6.07, 6.45) is 3.69. The number of halogens is 1. The van der Waals surface area contributed by atoms with Crippen LogP contribution in [0.5, 0.6) is 0 Å². The number of amides is 1. The molecular weight excluding hydrogens is 230 g/mol. The quantitative estimate of drug-likeness (QED) is 0.764. The molecule has 0 atom stereocenters. The summed E-state index contributed by atoms with van der Waals surface area (Å²) < 4.78 is 1.62. The number of nitrogens with one attached hydrogen (secondary N) is 1. The summed E-state index contributed by atoms with van der Waals surface area (Å²) in [5.41, 5.74) is 5.36. The summed E-state index contributed by atoms with van der Waals surface area (Å²) in [6, 6.07) is 0. The SMILES string of the molecule is CC(C)(N)CNC(=O)CCn1ccnn1.Cl. The molecule has 0 spiro atoms. The largest absolute Gasteiger partial charge is 0.354 e. The highest BCUT2D eigenvalue weighted by Crippen LogP contribution is 1.94. The molecule has 1 aromatic rings. The topological polar surface area (TPSA) is 85.8 Å². The molecule has 6 nitrogen and oxygen atoms in total. The maximum atomic E-state index is 11.4.